The van der Waals surface area contributed by atoms with E-state index in [9.17, 15) is 4.79 Å². The molecule has 0 aliphatic heterocycles. The van der Waals surface area contributed by atoms with Crippen LogP contribution in [0.25, 0.3) is 0 Å². The van der Waals surface area contributed by atoms with E-state index in [1.807, 2.05) is 11.9 Å². The van der Waals surface area contributed by atoms with E-state index in [1.165, 1.54) is 22.3 Å². The predicted octanol–water partition coefficient (Wildman–Crippen LogP) is 2.56. The first-order chi connectivity index (χ1) is 8.34. The lowest BCUT2D eigenvalue weighted by atomic mass is 9.97. The largest absolute Gasteiger partial charge is 0.480 e. The molecule has 1 N–H and O–H groups in total. The summed E-state index contributed by atoms with van der Waals surface area (Å²) in [5.41, 5.74) is 5.28. The van der Waals surface area contributed by atoms with Gasteiger partial charge in [0.2, 0.25) is 0 Å². The minimum absolute atomic E-state index is 0.433. The van der Waals surface area contributed by atoms with E-state index in [-0.39, 0.29) is 0 Å². The van der Waals surface area contributed by atoms with Gasteiger partial charge in [0.25, 0.3) is 0 Å². The lowest BCUT2D eigenvalue weighted by Gasteiger charge is -2.21. The van der Waals surface area contributed by atoms with Crippen molar-refractivity contribution in [2.45, 2.75) is 40.2 Å². The van der Waals surface area contributed by atoms with Gasteiger partial charge in [0, 0.05) is 6.54 Å². The van der Waals surface area contributed by atoms with Crippen LogP contribution in [0, 0.1) is 20.8 Å². The number of likely N-dealkylation sites (N-methyl/N-ethyl adjacent to an activating group) is 1. The molecular formula is C15H23NO2. The van der Waals surface area contributed by atoms with E-state index in [4.69, 9.17) is 5.11 Å². The van der Waals surface area contributed by atoms with Crippen molar-refractivity contribution in [2.75, 3.05) is 13.6 Å². The molecule has 0 aliphatic rings. The van der Waals surface area contributed by atoms with Gasteiger partial charge in [-0.15, -0.1) is 0 Å². The molecule has 0 fully saturated rings. The molecule has 0 saturated heterocycles. The van der Waals surface area contributed by atoms with Crippen molar-refractivity contribution < 1.29 is 9.90 Å². The summed E-state index contributed by atoms with van der Waals surface area (Å²) in [7, 11) is 1.86. The highest BCUT2D eigenvalue weighted by molar-refractivity contribution is 5.72. The molecule has 1 aromatic carbocycles. The van der Waals surface area contributed by atoms with E-state index < -0.39 is 12.0 Å². The van der Waals surface area contributed by atoms with E-state index >= 15 is 0 Å². The third-order valence-electron chi connectivity index (χ3n) is 3.92. The van der Waals surface area contributed by atoms with Crippen LogP contribution in [0.15, 0.2) is 12.1 Å². The van der Waals surface area contributed by atoms with Gasteiger partial charge in [-0.2, -0.15) is 0 Å². The van der Waals surface area contributed by atoms with E-state index in [0.29, 0.717) is 0 Å². The fourth-order valence-corrected chi connectivity index (χ4v) is 1.96. The Hall–Kier alpha value is -1.35. The molecule has 0 saturated carbocycles. The fraction of sp³-hybridized carbons (Fsp3) is 0.533. The second kappa shape index (κ2) is 6.01. The van der Waals surface area contributed by atoms with Crippen LogP contribution in [0.3, 0.4) is 0 Å². The summed E-state index contributed by atoms with van der Waals surface area (Å²) in [6.07, 6.45) is 0.890. The fourth-order valence-electron chi connectivity index (χ4n) is 1.96. The maximum Gasteiger partial charge on any atom is 0.320 e. The van der Waals surface area contributed by atoms with Gasteiger partial charge in [-0.05, 0) is 63.4 Å². The first-order valence-electron chi connectivity index (χ1n) is 6.33. The van der Waals surface area contributed by atoms with Crippen molar-refractivity contribution in [3.05, 3.63) is 34.4 Å². The first kappa shape index (κ1) is 14.7. The lowest BCUT2D eigenvalue weighted by Crippen LogP contribution is -2.37. The van der Waals surface area contributed by atoms with E-state index in [2.05, 4.69) is 32.9 Å². The molecule has 1 atom stereocenters. The second-order valence-corrected chi connectivity index (χ2v) is 5.04. The number of carbonyl (C=O) groups is 1. The number of aryl methyl sites for hydroxylation is 1. The maximum absolute atomic E-state index is 10.9. The van der Waals surface area contributed by atoms with Crippen molar-refractivity contribution in [1.82, 2.24) is 4.90 Å². The predicted molar refractivity (Wildman–Crippen MR) is 74.1 cm³/mol. The van der Waals surface area contributed by atoms with Crippen LogP contribution >= 0.6 is 0 Å². The molecule has 1 unspecified atom stereocenters. The molecule has 100 valence electrons. The molecule has 0 amide bonds. The van der Waals surface area contributed by atoms with Gasteiger partial charge < -0.3 is 5.11 Å². The topological polar surface area (TPSA) is 40.5 Å². The molecule has 0 bridgehead atoms. The van der Waals surface area contributed by atoms with Crippen LogP contribution in [0.5, 0.6) is 0 Å². The number of carboxylic acid groups (broad SMARTS) is 1. The Morgan fingerprint density at radius 3 is 2.44 bits per heavy atom. The second-order valence-electron chi connectivity index (χ2n) is 5.04. The summed E-state index contributed by atoms with van der Waals surface area (Å²) in [5, 5.41) is 8.94. The Labute approximate surface area is 109 Å². The molecule has 0 heterocycles. The quantitative estimate of drug-likeness (QED) is 0.872. The number of benzene rings is 1. The lowest BCUT2D eigenvalue weighted by molar-refractivity contribution is -0.142. The van der Waals surface area contributed by atoms with Crippen LogP contribution in [0.1, 0.15) is 29.2 Å². The number of hydrogen-bond donors (Lipinski definition) is 1. The maximum atomic E-state index is 10.9. The number of hydrogen-bond acceptors (Lipinski definition) is 2. The molecule has 1 aromatic rings. The molecule has 0 radical (unpaired) electrons. The highest BCUT2D eigenvalue weighted by Crippen LogP contribution is 2.17. The summed E-state index contributed by atoms with van der Waals surface area (Å²) in [4.78, 5) is 12.7. The monoisotopic (exact) mass is 249 g/mol. The number of aliphatic carboxylic acids is 1. The van der Waals surface area contributed by atoms with Gasteiger partial charge in [-0.1, -0.05) is 12.1 Å². The molecule has 0 aromatic heterocycles. The summed E-state index contributed by atoms with van der Waals surface area (Å²) < 4.78 is 0. The molecule has 18 heavy (non-hydrogen) atoms. The smallest absolute Gasteiger partial charge is 0.320 e. The standard InChI is InChI=1S/C15H23NO2/c1-10-6-7-14(12(3)11(10)2)8-9-16(5)13(4)15(17)18/h6-7,13H,8-9H2,1-5H3,(H,17,18). The van der Waals surface area contributed by atoms with Gasteiger partial charge in [-0.25, -0.2) is 0 Å². The Bertz CT molecular complexity index is 440. The number of rotatable bonds is 5. The summed E-state index contributed by atoms with van der Waals surface area (Å²) >= 11 is 0. The van der Waals surface area contributed by atoms with Crippen LogP contribution in [0.2, 0.25) is 0 Å². The van der Waals surface area contributed by atoms with Crippen molar-refractivity contribution >= 4 is 5.97 Å². The molecule has 3 heteroatoms. The summed E-state index contributed by atoms with van der Waals surface area (Å²) in [6.45, 7) is 8.87. The molecule has 0 aliphatic carbocycles. The van der Waals surface area contributed by atoms with E-state index in [0.717, 1.165) is 13.0 Å². The minimum atomic E-state index is -0.769. The number of nitrogens with zero attached hydrogens (tertiary/aromatic N) is 1. The van der Waals surface area contributed by atoms with Gasteiger partial charge in [0.1, 0.15) is 6.04 Å². The van der Waals surface area contributed by atoms with Crippen molar-refractivity contribution in [2.24, 2.45) is 0 Å². The third kappa shape index (κ3) is 3.33. The highest BCUT2D eigenvalue weighted by atomic mass is 16.4. The normalized spacial score (nSPS) is 12.8. The van der Waals surface area contributed by atoms with Crippen molar-refractivity contribution in [1.29, 1.82) is 0 Å². The Balaban J connectivity index is 2.70. The van der Waals surface area contributed by atoms with Crippen molar-refractivity contribution in [3.63, 3.8) is 0 Å². The average Bonchev–Trinajstić information content (AvgIpc) is 2.33. The Morgan fingerprint density at radius 2 is 1.89 bits per heavy atom. The van der Waals surface area contributed by atoms with Gasteiger partial charge >= 0.3 is 5.97 Å². The zero-order chi connectivity index (χ0) is 13.9. The highest BCUT2D eigenvalue weighted by Gasteiger charge is 2.16. The summed E-state index contributed by atoms with van der Waals surface area (Å²) in [5.74, 6) is -0.769. The Kier molecular flexibility index (Phi) is 4.91. The molecule has 3 nitrogen and oxygen atoms in total. The van der Waals surface area contributed by atoms with Crippen LogP contribution in [0.4, 0.5) is 0 Å². The average molecular weight is 249 g/mol. The zero-order valence-corrected chi connectivity index (χ0v) is 11.9. The SMILES string of the molecule is Cc1ccc(CCN(C)C(C)C(=O)O)c(C)c1C. The van der Waals surface area contributed by atoms with Crippen LogP contribution in [-0.2, 0) is 11.2 Å². The zero-order valence-electron chi connectivity index (χ0n) is 11.9. The molecule has 0 spiro atoms. The third-order valence-corrected chi connectivity index (χ3v) is 3.92. The first-order valence-corrected chi connectivity index (χ1v) is 6.33. The van der Waals surface area contributed by atoms with Crippen LogP contribution in [-0.4, -0.2) is 35.6 Å². The molecular weight excluding hydrogens is 226 g/mol. The molecule has 1 rings (SSSR count). The van der Waals surface area contributed by atoms with Crippen LogP contribution < -0.4 is 0 Å². The van der Waals surface area contributed by atoms with Gasteiger partial charge in [0.05, 0.1) is 0 Å². The van der Waals surface area contributed by atoms with Crippen molar-refractivity contribution in [3.8, 4) is 0 Å². The Morgan fingerprint density at radius 1 is 1.28 bits per heavy atom. The number of carboxylic acids is 1. The van der Waals surface area contributed by atoms with Gasteiger partial charge in [0.15, 0.2) is 0 Å². The van der Waals surface area contributed by atoms with E-state index in [1.54, 1.807) is 6.92 Å². The summed E-state index contributed by atoms with van der Waals surface area (Å²) in [6, 6.07) is 3.85. The van der Waals surface area contributed by atoms with Gasteiger partial charge in [-0.3, -0.25) is 9.69 Å². The minimum Gasteiger partial charge on any atom is -0.480 e.